The number of hydrogen-bond acceptors (Lipinski definition) is 2. The second-order valence-corrected chi connectivity index (χ2v) is 4.80. The molecule has 0 spiro atoms. The van der Waals surface area contributed by atoms with Crippen molar-refractivity contribution in [2.75, 3.05) is 11.9 Å². The van der Waals surface area contributed by atoms with Gasteiger partial charge in [0.1, 0.15) is 0 Å². The van der Waals surface area contributed by atoms with Gasteiger partial charge in [0.15, 0.2) is 0 Å². The van der Waals surface area contributed by atoms with Gasteiger partial charge in [-0.1, -0.05) is 35.3 Å². The lowest BCUT2D eigenvalue weighted by Gasteiger charge is -2.09. The molecule has 0 aliphatic rings. The highest BCUT2D eigenvalue weighted by molar-refractivity contribution is 9.10. The molecule has 0 bridgehead atoms. The summed E-state index contributed by atoms with van der Waals surface area (Å²) in [5, 5.41) is 3.35. The molecule has 0 saturated carbocycles. The van der Waals surface area contributed by atoms with E-state index in [1.807, 2.05) is 24.5 Å². The number of aromatic nitrogens is 2. The van der Waals surface area contributed by atoms with E-state index in [-0.39, 0.29) is 0 Å². The average Bonchev–Trinajstić information content (AvgIpc) is 2.78. The molecule has 17 heavy (non-hydrogen) atoms. The third-order valence-electron chi connectivity index (χ3n) is 2.54. The Morgan fingerprint density at radius 3 is 3.06 bits per heavy atom. The van der Waals surface area contributed by atoms with Gasteiger partial charge in [-0.25, -0.2) is 4.98 Å². The lowest BCUT2D eigenvalue weighted by Crippen LogP contribution is -2.07. The third-order valence-corrected chi connectivity index (χ3v) is 3.03. The number of halogens is 1. The smallest absolute Gasteiger partial charge is 0.207 e. The van der Waals surface area contributed by atoms with E-state index in [2.05, 4.69) is 49.9 Å². The summed E-state index contributed by atoms with van der Waals surface area (Å²) in [5.41, 5.74) is 1.11. The molecule has 2 rings (SSSR count). The minimum atomic E-state index is 0.900. The van der Waals surface area contributed by atoms with Crippen LogP contribution >= 0.6 is 15.9 Å². The Bertz CT molecular complexity index is 479. The highest BCUT2D eigenvalue weighted by atomic mass is 79.9. The predicted octanol–water partition coefficient (Wildman–Crippen LogP) is 3.85. The van der Waals surface area contributed by atoms with E-state index in [1.54, 1.807) is 0 Å². The molecule has 0 unspecified atom stereocenters. The zero-order chi connectivity index (χ0) is 12.1. The summed E-state index contributed by atoms with van der Waals surface area (Å²) in [5.74, 6) is 0.900. The van der Waals surface area contributed by atoms with Crippen LogP contribution in [0.25, 0.3) is 5.69 Å². The van der Waals surface area contributed by atoms with Gasteiger partial charge in [-0.2, -0.15) is 0 Å². The van der Waals surface area contributed by atoms with Gasteiger partial charge in [-0.15, -0.1) is 0 Å². The van der Waals surface area contributed by atoms with Crippen molar-refractivity contribution in [3.05, 3.63) is 41.1 Å². The Balaban J connectivity index is 2.18. The fourth-order valence-electron chi connectivity index (χ4n) is 1.65. The first-order valence-corrected chi connectivity index (χ1v) is 6.63. The van der Waals surface area contributed by atoms with Crippen molar-refractivity contribution in [1.82, 2.24) is 9.55 Å². The molecule has 1 aromatic carbocycles. The number of benzene rings is 1. The second kappa shape index (κ2) is 5.87. The number of hydrogen-bond donors (Lipinski definition) is 1. The van der Waals surface area contributed by atoms with Gasteiger partial charge in [0.05, 0.1) is 0 Å². The topological polar surface area (TPSA) is 29.9 Å². The van der Waals surface area contributed by atoms with Gasteiger partial charge in [0.25, 0.3) is 0 Å². The number of unbranched alkanes of at least 4 members (excludes halogenated alkanes) is 1. The summed E-state index contributed by atoms with van der Waals surface area (Å²) >= 11 is 3.48. The molecule has 0 atom stereocenters. The molecule has 0 saturated heterocycles. The number of nitrogens with zero attached hydrogens (tertiary/aromatic N) is 2. The summed E-state index contributed by atoms with van der Waals surface area (Å²) in [7, 11) is 0. The van der Waals surface area contributed by atoms with E-state index in [1.165, 1.54) is 6.42 Å². The van der Waals surface area contributed by atoms with Crippen LogP contribution in [0.4, 0.5) is 5.95 Å². The predicted molar refractivity (Wildman–Crippen MR) is 74.7 cm³/mol. The molecular formula is C13H16BrN3. The van der Waals surface area contributed by atoms with Crippen molar-refractivity contribution in [2.24, 2.45) is 0 Å². The molecule has 0 fully saturated rings. The number of nitrogens with one attached hydrogen (secondary N) is 1. The Morgan fingerprint density at radius 1 is 1.41 bits per heavy atom. The molecule has 3 nitrogen and oxygen atoms in total. The van der Waals surface area contributed by atoms with Crippen LogP contribution in [0.1, 0.15) is 19.8 Å². The van der Waals surface area contributed by atoms with Gasteiger partial charge in [0, 0.05) is 29.1 Å². The summed E-state index contributed by atoms with van der Waals surface area (Å²) in [6.45, 7) is 3.14. The maximum Gasteiger partial charge on any atom is 0.207 e. The van der Waals surface area contributed by atoms with E-state index < -0.39 is 0 Å². The van der Waals surface area contributed by atoms with E-state index in [0.29, 0.717) is 0 Å². The lowest BCUT2D eigenvalue weighted by molar-refractivity contribution is 0.823. The fraction of sp³-hybridized carbons (Fsp3) is 0.308. The van der Waals surface area contributed by atoms with Crippen molar-refractivity contribution >= 4 is 21.9 Å². The van der Waals surface area contributed by atoms with Crippen LogP contribution in [-0.2, 0) is 0 Å². The Labute approximate surface area is 110 Å². The second-order valence-electron chi connectivity index (χ2n) is 3.88. The quantitative estimate of drug-likeness (QED) is 0.849. The highest BCUT2D eigenvalue weighted by Gasteiger charge is 2.03. The maximum absolute atomic E-state index is 4.33. The molecular weight excluding hydrogens is 278 g/mol. The molecule has 0 aliphatic heterocycles. The van der Waals surface area contributed by atoms with Crippen LogP contribution in [0.3, 0.4) is 0 Å². The molecule has 2 aromatic rings. The number of imidazole rings is 1. The van der Waals surface area contributed by atoms with Gasteiger partial charge in [0.2, 0.25) is 5.95 Å². The van der Waals surface area contributed by atoms with Gasteiger partial charge in [-0.05, 0) is 24.6 Å². The SMILES string of the molecule is CCCCNc1nccn1-c1cccc(Br)c1. The average molecular weight is 294 g/mol. The Hall–Kier alpha value is -1.29. The molecule has 0 amide bonds. The molecule has 1 heterocycles. The van der Waals surface area contributed by atoms with Crippen molar-refractivity contribution in [1.29, 1.82) is 0 Å². The number of anilines is 1. The van der Waals surface area contributed by atoms with Gasteiger partial charge < -0.3 is 5.32 Å². The van der Waals surface area contributed by atoms with Crippen LogP contribution in [-0.4, -0.2) is 16.1 Å². The summed E-state index contributed by atoms with van der Waals surface area (Å²) < 4.78 is 3.13. The van der Waals surface area contributed by atoms with Gasteiger partial charge >= 0.3 is 0 Å². The molecule has 1 aromatic heterocycles. The van der Waals surface area contributed by atoms with Crippen LogP contribution in [0.15, 0.2) is 41.1 Å². The normalized spacial score (nSPS) is 10.5. The fourth-order valence-corrected chi connectivity index (χ4v) is 2.03. The molecule has 0 radical (unpaired) electrons. The van der Waals surface area contributed by atoms with E-state index in [4.69, 9.17) is 0 Å². The standard InChI is InChI=1S/C13H16BrN3/c1-2-3-7-15-13-16-8-9-17(13)12-6-4-5-11(14)10-12/h4-6,8-10H,2-3,7H2,1H3,(H,15,16). The van der Waals surface area contributed by atoms with Crippen LogP contribution in [0.5, 0.6) is 0 Å². The zero-order valence-corrected chi connectivity index (χ0v) is 11.4. The van der Waals surface area contributed by atoms with Crippen molar-refractivity contribution in [3.8, 4) is 5.69 Å². The van der Waals surface area contributed by atoms with Crippen molar-refractivity contribution in [3.63, 3.8) is 0 Å². The summed E-state index contributed by atoms with van der Waals surface area (Å²) in [6.07, 6.45) is 6.13. The summed E-state index contributed by atoms with van der Waals surface area (Å²) in [6, 6.07) is 8.18. The minimum absolute atomic E-state index is 0.900. The first kappa shape index (κ1) is 12.2. The highest BCUT2D eigenvalue weighted by Crippen LogP contribution is 2.18. The first-order chi connectivity index (χ1) is 8.31. The van der Waals surface area contributed by atoms with Crippen LogP contribution in [0, 0.1) is 0 Å². The molecule has 1 N–H and O–H groups in total. The van der Waals surface area contributed by atoms with Crippen molar-refractivity contribution < 1.29 is 0 Å². The molecule has 4 heteroatoms. The molecule has 90 valence electrons. The zero-order valence-electron chi connectivity index (χ0n) is 9.86. The van der Waals surface area contributed by atoms with E-state index in [0.717, 1.165) is 29.1 Å². The monoisotopic (exact) mass is 293 g/mol. The van der Waals surface area contributed by atoms with Gasteiger partial charge in [-0.3, -0.25) is 4.57 Å². The minimum Gasteiger partial charge on any atom is -0.355 e. The summed E-state index contributed by atoms with van der Waals surface area (Å²) in [4.78, 5) is 4.33. The third kappa shape index (κ3) is 3.09. The molecule has 0 aliphatic carbocycles. The lowest BCUT2D eigenvalue weighted by atomic mass is 10.3. The van der Waals surface area contributed by atoms with Crippen LogP contribution < -0.4 is 5.32 Å². The van der Waals surface area contributed by atoms with E-state index in [9.17, 15) is 0 Å². The number of rotatable bonds is 5. The first-order valence-electron chi connectivity index (χ1n) is 5.84. The maximum atomic E-state index is 4.33. The van der Waals surface area contributed by atoms with Crippen molar-refractivity contribution in [2.45, 2.75) is 19.8 Å². The Morgan fingerprint density at radius 2 is 2.29 bits per heavy atom. The largest absolute Gasteiger partial charge is 0.355 e. The van der Waals surface area contributed by atoms with Crippen LogP contribution in [0.2, 0.25) is 0 Å². The Kier molecular flexibility index (Phi) is 4.20. The van der Waals surface area contributed by atoms with E-state index >= 15 is 0 Å².